The average Bonchev–Trinajstić information content (AvgIpc) is 2.44. The largest absolute Gasteiger partial charge is 0.487 e. The summed E-state index contributed by atoms with van der Waals surface area (Å²) in [6, 6.07) is 4.96. The molecule has 0 amide bonds. The van der Waals surface area contributed by atoms with Crippen molar-refractivity contribution < 1.29 is 9.66 Å². The number of nitrogens with one attached hydrogen (secondary N) is 1. The minimum atomic E-state index is -0.409. The molecule has 1 N–H and O–H groups in total. The monoisotopic (exact) mass is 280 g/mol. The van der Waals surface area contributed by atoms with Crippen LogP contribution in [0.15, 0.2) is 18.2 Å². The Morgan fingerprint density at radius 2 is 1.95 bits per heavy atom. The first-order valence-electron chi connectivity index (χ1n) is 7.15. The predicted molar refractivity (Wildman–Crippen MR) is 81.5 cm³/mol. The summed E-state index contributed by atoms with van der Waals surface area (Å²) in [6.07, 6.45) is 2.77. The molecular formula is C15H24N2O3. The van der Waals surface area contributed by atoms with Crippen LogP contribution in [0.2, 0.25) is 0 Å². The van der Waals surface area contributed by atoms with Gasteiger partial charge in [-0.25, -0.2) is 0 Å². The van der Waals surface area contributed by atoms with Crippen molar-refractivity contribution in [2.24, 2.45) is 0 Å². The van der Waals surface area contributed by atoms with Gasteiger partial charge in [0.05, 0.1) is 11.5 Å². The second-order valence-electron chi connectivity index (χ2n) is 5.18. The van der Waals surface area contributed by atoms with Crippen molar-refractivity contribution >= 4 is 11.4 Å². The Kier molecular flexibility index (Phi) is 5.80. The van der Waals surface area contributed by atoms with Crippen LogP contribution >= 0.6 is 0 Å². The summed E-state index contributed by atoms with van der Waals surface area (Å²) >= 11 is 0. The van der Waals surface area contributed by atoms with E-state index in [9.17, 15) is 10.1 Å². The van der Waals surface area contributed by atoms with Gasteiger partial charge in [-0.2, -0.15) is 0 Å². The zero-order valence-electron chi connectivity index (χ0n) is 12.7. The maximum Gasteiger partial charge on any atom is 0.311 e. The van der Waals surface area contributed by atoms with Crippen molar-refractivity contribution in [3.63, 3.8) is 0 Å². The Balaban J connectivity index is 3.02. The van der Waals surface area contributed by atoms with E-state index in [-0.39, 0.29) is 11.2 Å². The van der Waals surface area contributed by atoms with Gasteiger partial charge >= 0.3 is 5.69 Å². The molecule has 0 saturated heterocycles. The van der Waals surface area contributed by atoms with Crippen LogP contribution in [-0.2, 0) is 0 Å². The third kappa shape index (κ3) is 4.11. The van der Waals surface area contributed by atoms with Gasteiger partial charge in [0.15, 0.2) is 5.75 Å². The fourth-order valence-corrected chi connectivity index (χ4v) is 1.85. The molecule has 0 aliphatic rings. The van der Waals surface area contributed by atoms with Crippen LogP contribution in [0.25, 0.3) is 0 Å². The van der Waals surface area contributed by atoms with Gasteiger partial charge < -0.3 is 10.1 Å². The number of hydrogen-bond donors (Lipinski definition) is 1. The number of ether oxygens (including phenoxy) is 1. The van der Waals surface area contributed by atoms with Crippen LogP contribution in [0.5, 0.6) is 5.75 Å². The molecule has 0 spiro atoms. The molecule has 112 valence electrons. The van der Waals surface area contributed by atoms with Crippen molar-refractivity contribution in [3.8, 4) is 5.75 Å². The quantitative estimate of drug-likeness (QED) is 0.567. The topological polar surface area (TPSA) is 64.4 Å². The highest BCUT2D eigenvalue weighted by Crippen LogP contribution is 2.32. The summed E-state index contributed by atoms with van der Waals surface area (Å²) in [5.41, 5.74) is 0.852. The second-order valence-corrected chi connectivity index (χ2v) is 5.18. The van der Waals surface area contributed by atoms with Crippen molar-refractivity contribution in [2.45, 2.75) is 52.5 Å². The fourth-order valence-electron chi connectivity index (χ4n) is 1.85. The molecule has 0 aromatic heterocycles. The van der Waals surface area contributed by atoms with Crippen LogP contribution in [-0.4, -0.2) is 17.1 Å². The van der Waals surface area contributed by atoms with Crippen molar-refractivity contribution in [1.29, 1.82) is 0 Å². The van der Waals surface area contributed by atoms with Crippen LogP contribution in [0.1, 0.15) is 47.0 Å². The summed E-state index contributed by atoms with van der Waals surface area (Å²) in [7, 11) is 0. The lowest BCUT2D eigenvalue weighted by molar-refractivity contribution is -0.385. The number of nitrogens with zero attached hydrogens (tertiary/aromatic N) is 1. The van der Waals surface area contributed by atoms with Gasteiger partial charge in [0, 0.05) is 23.4 Å². The number of anilines is 1. The molecule has 0 radical (unpaired) electrons. The smallest absolute Gasteiger partial charge is 0.311 e. The maximum atomic E-state index is 11.0. The van der Waals surface area contributed by atoms with E-state index < -0.39 is 4.92 Å². The number of benzene rings is 1. The van der Waals surface area contributed by atoms with E-state index in [0.29, 0.717) is 12.4 Å². The van der Waals surface area contributed by atoms with Crippen LogP contribution in [0.3, 0.4) is 0 Å². The summed E-state index contributed by atoms with van der Waals surface area (Å²) in [5, 5.41) is 14.4. The van der Waals surface area contributed by atoms with E-state index in [2.05, 4.69) is 26.1 Å². The molecule has 1 rings (SSSR count). The zero-order chi connectivity index (χ0) is 15.2. The normalized spacial score (nSPS) is 11.2. The molecule has 0 aliphatic carbocycles. The number of hydrogen-bond acceptors (Lipinski definition) is 4. The van der Waals surface area contributed by atoms with E-state index >= 15 is 0 Å². The van der Waals surface area contributed by atoms with E-state index in [1.54, 1.807) is 12.1 Å². The predicted octanol–water partition coefficient (Wildman–Crippen LogP) is 4.37. The molecule has 0 atom stereocenters. The van der Waals surface area contributed by atoms with Crippen LogP contribution in [0.4, 0.5) is 11.4 Å². The Bertz CT molecular complexity index is 456. The van der Waals surface area contributed by atoms with Gasteiger partial charge in [-0.15, -0.1) is 0 Å². The van der Waals surface area contributed by atoms with Gasteiger partial charge in [-0.1, -0.05) is 20.8 Å². The van der Waals surface area contributed by atoms with E-state index in [4.69, 9.17) is 4.74 Å². The van der Waals surface area contributed by atoms with Gasteiger partial charge in [0.2, 0.25) is 0 Å². The molecular weight excluding hydrogens is 256 g/mol. The molecule has 0 heterocycles. The van der Waals surface area contributed by atoms with E-state index in [0.717, 1.165) is 24.9 Å². The highest BCUT2D eigenvalue weighted by molar-refractivity contribution is 5.58. The molecule has 20 heavy (non-hydrogen) atoms. The van der Waals surface area contributed by atoms with Gasteiger partial charge in [-0.3, -0.25) is 10.1 Å². The molecule has 5 nitrogen and oxygen atoms in total. The minimum Gasteiger partial charge on any atom is -0.487 e. The van der Waals surface area contributed by atoms with Gasteiger partial charge in [0.25, 0.3) is 0 Å². The fraction of sp³-hybridized carbons (Fsp3) is 0.600. The molecule has 0 saturated carbocycles. The highest BCUT2D eigenvalue weighted by atomic mass is 16.6. The molecule has 0 bridgehead atoms. The first kappa shape index (κ1) is 16.3. The first-order valence-corrected chi connectivity index (χ1v) is 7.15. The summed E-state index contributed by atoms with van der Waals surface area (Å²) in [6.45, 7) is 8.83. The molecule has 0 unspecified atom stereocenters. The number of nitro benzene ring substituents is 1. The van der Waals surface area contributed by atoms with Crippen molar-refractivity contribution in [3.05, 3.63) is 28.3 Å². The number of nitro groups is 1. The minimum absolute atomic E-state index is 0.0127. The molecule has 5 heteroatoms. The molecule has 0 fully saturated rings. The number of rotatable bonds is 8. The van der Waals surface area contributed by atoms with Gasteiger partial charge in [0.1, 0.15) is 0 Å². The Morgan fingerprint density at radius 3 is 2.45 bits per heavy atom. The summed E-state index contributed by atoms with van der Waals surface area (Å²) in [4.78, 5) is 10.6. The van der Waals surface area contributed by atoms with Crippen LogP contribution < -0.4 is 10.1 Å². The summed E-state index contributed by atoms with van der Waals surface area (Å²) in [5.74, 6) is 0.330. The lowest BCUT2D eigenvalue weighted by atomic mass is 9.95. The van der Waals surface area contributed by atoms with Crippen LogP contribution in [0, 0.1) is 10.1 Å². The van der Waals surface area contributed by atoms with Crippen molar-refractivity contribution in [1.82, 2.24) is 0 Å². The lowest BCUT2D eigenvalue weighted by Gasteiger charge is -2.29. The molecule has 0 aliphatic heterocycles. The Morgan fingerprint density at radius 1 is 1.30 bits per heavy atom. The maximum absolute atomic E-state index is 11.0. The second kappa shape index (κ2) is 7.12. The molecule has 1 aromatic rings. The van der Waals surface area contributed by atoms with E-state index in [1.165, 1.54) is 6.07 Å². The SMILES string of the molecule is CCCOc1cc(NC(C)(CC)CC)ccc1[N+](=O)[O-]. The molecule has 1 aromatic carbocycles. The third-order valence-electron chi connectivity index (χ3n) is 3.62. The summed E-state index contributed by atoms with van der Waals surface area (Å²) < 4.78 is 5.49. The average molecular weight is 280 g/mol. The zero-order valence-corrected chi connectivity index (χ0v) is 12.7. The third-order valence-corrected chi connectivity index (χ3v) is 3.62. The van der Waals surface area contributed by atoms with Crippen molar-refractivity contribution in [2.75, 3.05) is 11.9 Å². The van der Waals surface area contributed by atoms with E-state index in [1.807, 2.05) is 6.92 Å². The first-order chi connectivity index (χ1) is 9.45. The lowest BCUT2D eigenvalue weighted by Crippen LogP contribution is -2.32. The Labute approximate surface area is 120 Å². The Hall–Kier alpha value is -1.78. The highest BCUT2D eigenvalue weighted by Gasteiger charge is 2.21. The standard InChI is InChI=1S/C15H24N2O3/c1-5-10-20-14-11-12(8-9-13(14)17(18)19)16-15(4,6-2)7-3/h8-9,11,16H,5-7,10H2,1-4H3. The van der Waals surface area contributed by atoms with Gasteiger partial charge in [-0.05, 0) is 32.3 Å².